The van der Waals surface area contributed by atoms with Gasteiger partial charge < -0.3 is 10.4 Å². The first-order valence-corrected chi connectivity index (χ1v) is 5.85. The quantitative estimate of drug-likeness (QED) is 0.788. The van der Waals surface area contributed by atoms with Gasteiger partial charge in [0.2, 0.25) is 0 Å². The Balaban J connectivity index is 2.44. The van der Waals surface area contributed by atoms with Gasteiger partial charge in [-0.3, -0.25) is 0 Å². The summed E-state index contributed by atoms with van der Waals surface area (Å²) in [5.74, 6) is -1.88. The highest BCUT2D eigenvalue weighted by Crippen LogP contribution is 2.39. The molecule has 1 aromatic rings. The van der Waals surface area contributed by atoms with E-state index in [0.717, 1.165) is 12.1 Å². The maximum atomic E-state index is 13.3. The first-order chi connectivity index (χ1) is 7.96. The van der Waals surface area contributed by atoms with Crippen molar-refractivity contribution in [1.82, 2.24) is 5.32 Å². The average Bonchev–Trinajstić information content (AvgIpc) is 2.29. The molecule has 1 saturated heterocycles. The molecule has 17 heavy (non-hydrogen) atoms. The largest absolute Gasteiger partial charge is 0.385 e. The Bertz CT molecular complexity index is 412. The number of hydrogen-bond donors (Lipinski definition) is 2. The predicted octanol–water partition coefficient (Wildman–Crippen LogP) is 2.03. The normalized spacial score (nSPS) is 33.7. The standard InChI is InChI=1S/C13H17F2NO/c1-8-6-16-7-9(2)13(8,17)10-3-4-11(14)12(15)5-10/h3-5,8-9,16-17H,6-7H2,1-2H3/t8-,9+,13-. The molecule has 0 unspecified atom stereocenters. The summed E-state index contributed by atoms with van der Waals surface area (Å²) in [7, 11) is 0. The highest BCUT2D eigenvalue weighted by atomic mass is 19.2. The minimum Gasteiger partial charge on any atom is -0.385 e. The summed E-state index contributed by atoms with van der Waals surface area (Å²) in [6.45, 7) is 5.15. The van der Waals surface area contributed by atoms with Gasteiger partial charge in [0.15, 0.2) is 11.6 Å². The van der Waals surface area contributed by atoms with Crippen LogP contribution < -0.4 is 5.32 Å². The van der Waals surface area contributed by atoms with Crippen LogP contribution in [0.3, 0.4) is 0 Å². The van der Waals surface area contributed by atoms with Crippen molar-refractivity contribution >= 4 is 0 Å². The van der Waals surface area contributed by atoms with E-state index >= 15 is 0 Å². The Hall–Kier alpha value is -1.00. The predicted molar refractivity (Wildman–Crippen MR) is 61.5 cm³/mol. The third kappa shape index (κ3) is 1.96. The summed E-state index contributed by atoms with van der Waals surface area (Å²) in [5.41, 5.74) is -0.641. The zero-order valence-electron chi connectivity index (χ0n) is 10.0. The molecule has 2 rings (SSSR count). The third-order valence-electron chi connectivity index (χ3n) is 3.79. The molecule has 1 fully saturated rings. The van der Waals surface area contributed by atoms with Crippen LogP contribution in [0.1, 0.15) is 19.4 Å². The second-order valence-corrected chi connectivity index (χ2v) is 4.91. The molecule has 1 aliphatic heterocycles. The summed E-state index contributed by atoms with van der Waals surface area (Å²) in [4.78, 5) is 0. The van der Waals surface area contributed by atoms with Crippen LogP contribution in [0.4, 0.5) is 8.78 Å². The lowest BCUT2D eigenvalue weighted by Gasteiger charge is -2.44. The highest BCUT2D eigenvalue weighted by Gasteiger charge is 2.43. The van der Waals surface area contributed by atoms with Crippen LogP contribution in [-0.2, 0) is 5.60 Å². The van der Waals surface area contributed by atoms with Crippen LogP contribution in [0.2, 0.25) is 0 Å². The van der Waals surface area contributed by atoms with Gasteiger partial charge in [0.05, 0.1) is 5.60 Å². The Morgan fingerprint density at radius 3 is 2.29 bits per heavy atom. The molecule has 0 aliphatic carbocycles. The number of benzene rings is 1. The molecule has 0 aromatic heterocycles. The van der Waals surface area contributed by atoms with E-state index in [1.165, 1.54) is 6.07 Å². The lowest BCUT2D eigenvalue weighted by Crippen LogP contribution is -2.52. The lowest BCUT2D eigenvalue weighted by atomic mass is 9.71. The molecular weight excluding hydrogens is 224 g/mol. The van der Waals surface area contributed by atoms with Crippen molar-refractivity contribution in [3.8, 4) is 0 Å². The molecule has 1 aromatic carbocycles. The molecule has 0 amide bonds. The van der Waals surface area contributed by atoms with Gasteiger partial charge >= 0.3 is 0 Å². The first kappa shape index (κ1) is 12.5. The molecule has 2 nitrogen and oxygen atoms in total. The zero-order chi connectivity index (χ0) is 12.6. The second-order valence-electron chi connectivity index (χ2n) is 4.91. The molecule has 2 N–H and O–H groups in total. The molecule has 0 bridgehead atoms. The minimum absolute atomic E-state index is 0.0453. The summed E-state index contributed by atoms with van der Waals surface area (Å²) in [6.07, 6.45) is 0. The molecule has 1 aliphatic rings. The monoisotopic (exact) mass is 241 g/mol. The molecule has 3 atom stereocenters. The molecule has 0 spiro atoms. The van der Waals surface area contributed by atoms with Crippen molar-refractivity contribution in [2.24, 2.45) is 11.8 Å². The highest BCUT2D eigenvalue weighted by molar-refractivity contribution is 5.26. The van der Waals surface area contributed by atoms with Crippen molar-refractivity contribution in [1.29, 1.82) is 0 Å². The van der Waals surface area contributed by atoms with Crippen molar-refractivity contribution in [2.45, 2.75) is 19.4 Å². The summed E-state index contributed by atoms with van der Waals surface area (Å²) in [5, 5.41) is 14.0. The van der Waals surface area contributed by atoms with Gasteiger partial charge in [-0.1, -0.05) is 19.9 Å². The number of halogens is 2. The summed E-state index contributed by atoms with van der Waals surface area (Å²) >= 11 is 0. The molecule has 4 heteroatoms. The second kappa shape index (κ2) is 4.35. The van der Waals surface area contributed by atoms with Gasteiger partial charge in [0.25, 0.3) is 0 Å². The van der Waals surface area contributed by atoms with E-state index in [2.05, 4.69) is 5.32 Å². The molecular formula is C13H17F2NO. The fourth-order valence-electron chi connectivity index (χ4n) is 2.63. The number of piperidine rings is 1. The first-order valence-electron chi connectivity index (χ1n) is 5.85. The van der Waals surface area contributed by atoms with E-state index < -0.39 is 17.2 Å². The maximum absolute atomic E-state index is 13.3. The van der Waals surface area contributed by atoms with E-state index in [4.69, 9.17) is 0 Å². The third-order valence-corrected chi connectivity index (χ3v) is 3.79. The Labute approximate surface area is 99.7 Å². The van der Waals surface area contributed by atoms with Gasteiger partial charge in [-0.25, -0.2) is 8.78 Å². The smallest absolute Gasteiger partial charge is 0.159 e. The summed E-state index contributed by atoms with van der Waals surface area (Å²) < 4.78 is 26.2. The van der Waals surface area contributed by atoms with E-state index in [0.29, 0.717) is 18.7 Å². The van der Waals surface area contributed by atoms with Crippen LogP contribution in [0.15, 0.2) is 18.2 Å². The maximum Gasteiger partial charge on any atom is 0.159 e. The van der Waals surface area contributed by atoms with Crippen molar-refractivity contribution < 1.29 is 13.9 Å². The summed E-state index contributed by atoms with van der Waals surface area (Å²) in [6, 6.07) is 3.65. The molecule has 94 valence electrons. The van der Waals surface area contributed by atoms with Crippen molar-refractivity contribution in [3.63, 3.8) is 0 Å². The minimum atomic E-state index is -1.10. The van der Waals surface area contributed by atoms with E-state index in [-0.39, 0.29) is 11.8 Å². The average molecular weight is 241 g/mol. The fraction of sp³-hybridized carbons (Fsp3) is 0.538. The van der Waals surface area contributed by atoms with Gasteiger partial charge in [-0.15, -0.1) is 0 Å². The van der Waals surface area contributed by atoms with Crippen LogP contribution in [0.25, 0.3) is 0 Å². The SMILES string of the molecule is C[C@@H]1CNC[C@H](C)[C@@]1(O)c1ccc(F)c(F)c1. The zero-order valence-corrected chi connectivity index (χ0v) is 10.0. The number of hydrogen-bond acceptors (Lipinski definition) is 2. The van der Waals surface area contributed by atoms with Crippen LogP contribution >= 0.6 is 0 Å². The van der Waals surface area contributed by atoms with Gasteiger partial charge in [0.1, 0.15) is 0 Å². The topological polar surface area (TPSA) is 32.3 Å². The fourth-order valence-corrected chi connectivity index (χ4v) is 2.63. The van der Waals surface area contributed by atoms with Gasteiger partial charge in [0, 0.05) is 24.9 Å². The van der Waals surface area contributed by atoms with Gasteiger partial charge in [-0.05, 0) is 17.7 Å². The lowest BCUT2D eigenvalue weighted by molar-refractivity contribution is -0.0809. The Kier molecular flexibility index (Phi) is 3.19. The Morgan fingerprint density at radius 2 is 1.76 bits per heavy atom. The van der Waals surface area contributed by atoms with E-state index in [1.807, 2.05) is 13.8 Å². The van der Waals surface area contributed by atoms with Crippen LogP contribution in [0.5, 0.6) is 0 Å². The van der Waals surface area contributed by atoms with Crippen LogP contribution in [0, 0.1) is 23.5 Å². The van der Waals surface area contributed by atoms with Crippen LogP contribution in [-0.4, -0.2) is 18.2 Å². The number of aliphatic hydroxyl groups is 1. The van der Waals surface area contributed by atoms with Gasteiger partial charge in [-0.2, -0.15) is 0 Å². The number of rotatable bonds is 1. The Morgan fingerprint density at radius 1 is 1.18 bits per heavy atom. The number of nitrogens with one attached hydrogen (secondary N) is 1. The van der Waals surface area contributed by atoms with Crippen molar-refractivity contribution in [3.05, 3.63) is 35.4 Å². The van der Waals surface area contributed by atoms with Crippen molar-refractivity contribution in [2.75, 3.05) is 13.1 Å². The van der Waals surface area contributed by atoms with E-state index in [9.17, 15) is 13.9 Å². The molecule has 1 heterocycles. The molecule has 0 saturated carbocycles. The van der Waals surface area contributed by atoms with E-state index in [1.54, 1.807) is 0 Å². The molecule has 0 radical (unpaired) electrons.